The Kier molecular flexibility index (Phi) is 57.9. The average Bonchev–Trinajstić information content (AvgIpc) is 3.48. The van der Waals surface area contributed by atoms with Gasteiger partial charge in [0.05, 0.1) is 26.4 Å². The van der Waals surface area contributed by atoms with Crippen molar-refractivity contribution in [1.29, 1.82) is 0 Å². The van der Waals surface area contributed by atoms with Gasteiger partial charge in [-0.1, -0.05) is 265 Å². The van der Waals surface area contributed by atoms with E-state index in [-0.39, 0.29) is 25.7 Å². The van der Waals surface area contributed by atoms with Crippen LogP contribution in [0.5, 0.6) is 0 Å². The summed E-state index contributed by atoms with van der Waals surface area (Å²) in [5, 5.41) is 10.6. The monoisotopic (exact) mass is 1290 g/mol. The number of carbonyl (C=O) groups excluding carboxylic acids is 4. The highest BCUT2D eigenvalue weighted by Gasteiger charge is 2.30. The molecule has 0 saturated heterocycles. The molecule has 0 saturated carbocycles. The summed E-state index contributed by atoms with van der Waals surface area (Å²) in [6, 6.07) is 0. The highest BCUT2D eigenvalue weighted by Crippen LogP contribution is 2.45. The number of esters is 4. The molecule has 3 N–H and O–H groups in total. The smallest absolute Gasteiger partial charge is 0.462 e. The van der Waals surface area contributed by atoms with Gasteiger partial charge in [0.1, 0.15) is 19.3 Å². The van der Waals surface area contributed by atoms with Gasteiger partial charge >= 0.3 is 39.5 Å². The Balaban J connectivity index is 5.27. The fourth-order valence-corrected chi connectivity index (χ4v) is 11.4. The first-order chi connectivity index (χ1) is 42.2. The molecule has 3 unspecified atom stereocenters. The molecule has 0 heterocycles. The van der Waals surface area contributed by atoms with Crippen molar-refractivity contribution < 1.29 is 80.2 Å². The molecule has 0 bridgehead atoms. The first-order valence-corrected chi connectivity index (χ1v) is 38.2. The number of carbonyl (C=O) groups is 4. The highest BCUT2D eigenvalue weighted by atomic mass is 31.2. The molecule has 19 heteroatoms. The number of aliphatic hydroxyl groups excluding tert-OH is 1. The van der Waals surface area contributed by atoms with Crippen molar-refractivity contribution in [3.8, 4) is 0 Å². The van der Waals surface area contributed by atoms with E-state index in [1.807, 2.05) is 0 Å². The van der Waals surface area contributed by atoms with Gasteiger partial charge in [0.2, 0.25) is 0 Å². The summed E-state index contributed by atoms with van der Waals surface area (Å²) in [6.07, 6.45) is 45.5. The van der Waals surface area contributed by atoms with Crippen molar-refractivity contribution in [3.05, 3.63) is 24.3 Å². The minimum Gasteiger partial charge on any atom is -0.462 e. The van der Waals surface area contributed by atoms with Crippen LogP contribution in [-0.2, 0) is 65.4 Å². The largest absolute Gasteiger partial charge is 0.472 e. The number of ether oxygens (including phenoxy) is 4. The Morgan fingerprint density at radius 3 is 0.920 bits per heavy atom. The first-order valence-electron chi connectivity index (χ1n) is 35.2. The Hall–Kier alpha value is -2.46. The maximum absolute atomic E-state index is 13.0. The maximum atomic E-state index is 13.0. The van der Waals surface area contributed by atoms with Gasteiger partial charge in [-0.3, -0.25) is 37.3 Å². The molecule has 5 atom stereocenters. The molecule has 518 valence electrons. The minimum atomic E-state index is -4.96. The fourth-order valence-electron chi connectivity index (χ4n) is 9.82. The number of rotatable bonds is 65. The van der Waals surface area contributed by atoms with Crippen LogP contribution in [-0.4, -0.2) is 96.7 Å². The summed E-state index contributed by atoms with van der Waals surface area (Å²) in [5.41, 5.74) is 0. The van der Waals surface area contributed by atoms with E-state index in [0.717, 1.165) is 121 Å². The lowest BCUT2D eigenvalue weighted by molar-refractivity contribution is -0.161. The van der Waals surface area contributed by atoms with E-state index in [4.69, 9.17) is 37.0 Å². The van der Waals surface area contributed by atoms with Crippen LogP contribution < -0.4 is 0 Å². The van der Waals surface area contributed by atoms with E-state index in [2.05, 4.69) is 72.8 Å². The number of phosphoric acid groups is 2. The summed E-state index contributed by atoms with van der Waals surface area (Å²) in [6.45, 7) is 11.6. The summed E-state index contributed by atoms with van der Waals surface area (Å²) in [7, 11) is -9.91. The molecule has 0 fully saturated rings. The summed E-state index contributed by atoms with van der Waals surface area (Å²) in [5.74, 6) is -0.0186. The van der Waals surface area contributed by atoms with E-state index in [0.29, 0.717) is 37.5 Å². The van der Waals surface area contributed by atoms with Crippen LogP contribution in [0.25, 0.3) is 0 Å². The Morgan fingerprint density at radius 1 is 0.352 bits per heavy atom. The van der Waals surface area contributed by atoms with Gasteiger partial charge < -0.3 is 33.8 Å². The van der Waals surface area contributed by atoms with Crippen LogP contribution in [0.3, 0.4) is 0 Å². The molecule has 0 rings (SSSR count). The predicted octanol–water partition coefficient (Wildman–Crippen LogP) is 19.0. The number of hydrogen-bond donors (Lipinski definition) is 3. The maximum Gasteiger partial charge on any atom is 0.472 e. The van der Waals surface area contributed by atoms with Gasteiger partial charge in [0, 0.05) is 25.7 Å². The van der Waals surface area contributed by atoms with Crippen molar-refractivity contribution in [1.82, 2.24) is 0 Å². The highest BCUT2D eigenvalue weighted by molar-refractivity contribution is 7.47. The lowest BCUT2D eigenvalue weighted by Gasteiger charge is -2.21. The van der Waals surface area contributed by atoms with E-state index < -0.39 is 97.5 Å². The number of hydrogen-bond acceptors (Lipinski definition) is 15. The van der Waals surface area contributed by atoms with E-state index in [1.165, 1.54) is 103 Å². The lowest BCUT2D eigenvalue weighted by Crippen LogP contribution is -2.30. The van der Waals surface area contributed by atoms with Crippen molar-refractivity contribution in [2.24, 2.45) is 17.8 Å². The molecule has 0 aliphatic rings. The SMILES string of the molecule is CCCCCC/C=C\C=C/CCCCCCCC(=O)O[C@H](COC(=O)CCCCCCCCCC(C)C)COP(=O)(O)OCC(O)COP(=O)(O)OC[C@@H](COC(=O)CCCCCCCCC(C)C)OC(=O)CCCCCCCCCCCCCC(C)C. The molecule has 0 aliphatic heterocycles. The Morgan fingerprint density at radius 2 is 0.614 bits per heavy atom. The van der Waals surface area contributed by atoms with Crippen molar-refractivity contribution in [2.45, 2.75) is 336 Å². The molecule has 0 aromatic rings. The van der Waals surface area contributed by atoms with Crippen molar-refractivity contribution in [2.75, 3.05) is 39.6 Å². The molecular weight excluding hydrogens is 1160 g/mol. The lowest BCUT2D eigenvalue weighted by atomic mass is 10.0. The van der Waals surface area contributed by atoms with E-state index in [9.17, 15) is 43.2 Å². The second kappa shape index (κ2) is 59.5. The van der Waals surface area contributed by atoms with Crippen LogP contribution in [0, 0.1) is 17.8 Å². The zero-order chi connectivity index (χ0) is 65.2. The van der Waals surface area contributed by atoms with Crippen LogP contribution in [0.1, 0.15) is 318 Å². The van der Waals surface area contributed by atoms with Crippen molar-refractivity contribution >= 4 is 39.5 Å². The molecule has 0 amide bonds. The van der Waals surface area contributed by atoms with Crippen LogP contribution in [0.2, 0.25) is 0 Å². The molecule has 0 aliphatic carbocycles. The van der Waals surface area contributed by atoms with E-state index >= 15 is 0 Å². The summed E-state index contributed by atoms with van der Waals surface area (Å²) < 4.78 is 68.1. The van der Waals surface area contributed by atoms with Gasteiger partial charge in [-0.25, -0.2) is 9.13 Å². The third kappa shape index (κ3) is 62.4. The number of unbranched alkanes of at least 4 members (excludes halogenated alkanes) is 30. The number of aliphatic hydroxyl groups is 1. The second-order valence-corrected chi connectivity index (χ2v) is 28.6. The molecule has 88 heavy (non-hydrogen) atoms. The quantitative estimate of drug-likeness (QED) is 0.0169. The molecule has 0 spiro atoms. The number of allylic oxidation sites excluding steroid dienone is 4. The van der Waals surface area contributed by atoms with Gasteiger partial charge in [-0.15, -0.1) is 0 Å². The molecule has 17 nitrogen and oxygen atoms in total. The third-order valence-electron chi connectivity index (χ3n) is 15.3. The Bertz CT molecular complexity index is 1830. The standard InChI is InChI=1S/C69H130O17P2/c1-8-9-10-11-12-13-14-15-16-17-20-23-28-38-45-52-68(73)85-64(56-79-66(71)50-43-36-30-25-27-34-41-48-61(4)5)58-83-87(75,76)81-54-63(70)55-82-88(77,78)84-59-65(57-80-67(72)51-44-37-32-31-35-42-49-62(6)7)86-69(74)53-46-39-29-24-21-18-19-22-26-33-40-47-60(2)3/h13-16,60-65,70H,8-12,17-59H2,1-7H3,(H,75,76)(H,77,78)/b14-13-,16-15-/t63?,64-,65-/m1/s1. The topological polar surface area (TPSA) is 237 Å². The molecular formula is C69H130O17P2. The first kappa shape index (κ1) is 85.5. The van der Waals surface area contributed by atoms with Crippen molar-refractivity contribution in [3.63, 3.8) is 0 Å². The number of phosphoric ester groups is 2. The summed E-state index contributed by atoms with van der Waals surface area (Å²) >= 11 is 0. The summed E-state index contributed by atoms with van der Waals surface area (Å²) in [4.78, 5) is 72.4. The zero-order valence-electron chi connectivity index (χ0n) is 56.7. The molecule has 0 aromatic carbocycles. The van der Waals surface area contributed by atoms with Gasteiger partial charge in [-0.2, -0.15) is 0 Å². The normalized spacial score (nSPS) is 14.4. The Labute approximate surface area is 535 Å². The van der Waals surface area contributed by atoms with E-state index in [1.54, 1.807) is 0 Å². The second-order valence-electron chi connectivity index (χ2n) is 25.7. The third-order valence-corrected chi connectivity index (χ3v) is 17.2. The minimum absolute atomic E-state index is 0.0836. The van der Waals surface area contributed by atoms with Gasteiger partial charge in [0.25, 0.3) is 0 Å². The van der Waals surface area contributed by atoms with Gasteiger partial charge in [-0.05, 0) is 69.1 Å². The van der Waals surface area contributed by atoms with Gasteiger partial charge in [0.15, 0.2) is 12.2 Å². The average molecular weight is 1290 g/mol. The zero-order valence-corrected chi connectivity index (χ0v) is 58.5. The molecule has 0 aromatic heterocycles. The predicted molar refractivity (Wildman–Crippen MR) is 354 cm³/mol. The fraction of sp³-hybridized carbons (Fsp3) is 0.884. The van der Waals surface area contributed by atoms with Crippen LogP contribution in [0.15, 0.2) is 24.3 Å². The molecule has 0 radical (unpaired) electrons. The van der Waals surface area contributed by atoms with Crippen LogP contribution in [0.4, 0.5) is 0 Å². The van der Waals surface area contributed by atoms with Crippen LogP contribution >= 0.6 is 15.6 Å².